The van der Waals surface area contributed by atoms with Crippen LogP contribution in [-0.4, -0.2) is 20.0 Å². The number of benzene rings is 1. The maximum Gasteiger partial charge on any atom is 0.178 e. The molecule has 0 radical (unpaired) electrons. The number of rotatable bonds is 4. The van der Waals surface area contributed by atoms with Crippen LogP contribution >= 0.6 is 0 Å². The Hall–Kier alpha value is -1.67. The fourth-order valence-electron chi connectivity index (χ4n) is 2.42. The highest BCUT2D eigenvalue weighted by Gasteiger charge is 2.42. The number of nitriles is 1. The highest BCUT2D eigenvalue weighted by molar-refractivity contribution is 7.91. The number of hydrogen-bond donors (Lipinski definition) is 0. The second kappa shape index (κ2) is 5.14. The fourth-order valence-corrected chi connectivity index (χ4v) is 3.85. The predicted octanol–water partition coefficient (Wildman–Crippen LogP) is 2.11. The zero-order valence-electron chi connectivity index (χ0n) is 10.5. The van der Waals surface area contributed by atoms with Gasteiger partial charge in [-0.3, -0.25) is 4.79 Å². The summed E-state index contributed by atoms with van der Waals surface area (Å²) < 4.78 is 24.3. The lowest BCUT2D eigenvalue weighted by Gasteiger charge is -2.18. The summed E-state index contributed by atoms with van der Waals surface area (Å²) in [6.07, 6.45) is 1.64. The van der Waals surface area contributed by atoms with Gasteiger partial charge in [-0.15, -0.1) is 0 Å². The largest absolute Gasteiger partial charge is 0.298 e. The van der Waals surface area contributed by atoms with Gasteiger partial charge in [-0.05, 0) is 31.4 Å². The number of ketones is 1. The first-order valence-electron chi connectivity index (χ1n) is 6.23. The molecule has 0 heterocycles. The summed E-state index contributed by atoms with van der Waals surface area (Å²) in [5.74, 6) is -0.269. The van der Waals surface area contributed by atoms with Crippen molar-refractivity contribution in [2.45, 2.75) is 30.6 Å². The van der Waals surface area contributed by atoms with E-state index in [2.05, 4.69) is 0 Å². The van der Waals surface area contributed by atoms with Gasteiger partial charge in [0.15, 0.2) is 15.6 Å². The van der Waals surface area contributed by atoms with Gasteiger partial charge in [0.2, 0.25) is 0 Å². The van der Waals surface area contributed by atoms with Crippen molar-refractivity contribution >= 4 is 15.6 Å². The van der Waals surface area contributed by atoms with E-state index in [1.807, 2.05) is 6.07 Å². The molecule has 0 aromatic heterocycles. The number of carbonyl (C=O) groups excluding carboxylic acids is 1. The van der Waals surface area contributed by atoms with Gasteiger partial charge in [0.25, 0.3) is 0 Å². The lowest BCUT2D eigenvalue weighted by atomic mass is 9.84. The van der Waals surface area contributed by atoms with E-state index in [9.17, 15) is 18.5 Å². The summed E-state index contributed by atoms with van der Waals surface area (Å²) in [5, 5.41) is 9.19. The summed E-state index contributed by atoms with van der Waals surface area (Å²) in [7, 11) is -3.42. The molecule has 19 heavy (non-hydrogen) atoms. The van der Waals surface area contributed by atoms with Crippen molar-refractivity contribution in [1.82, 2.24) is 0 Å². The van der Waals surface area contributed by atoms with Crippen molar-refractivity contribution in [3.05, 3.63) is 30.3 Å². The van der Waals surface area contributed by atoms with Gasteiger partial charge in [0.1, 0.15) is 5.41 Å². The molecule has 1 aromatic carbocycles. The Balaban J connectivity index is 2.15. The monoisotopic (exact) mass is 277 g/mol. The van der Waals surface area contributed by atoms with E-state index < -0.39 is 15.3 Å². The number of hydrogen-bond acceptors (Lipinski definition) is 4. The second-order valence-electron chi connectivity index (χ2n) is 4.85. The molecule has 0 aliphatic heterocycles. The van der Waals surface area contributed by atoms with Gasteiger partial charge < -0.3 is 0 Å². The molecule has 2 rings (SSSR count). The minimum Gasteiger partial charge on any atom is -0.298 e. The van der Waals surface area contributed by atoms with Gasteiger partial charge in [-0.1, -0.05) is 18.2 Å². The van der Waals surface area contributed by atoms with Crippen molar-refractivity contribution in [2.24, 2.45) is 5.41 Å². The first-order chi connectivity index (χ1) is 9.00. The Morgan fingerprint density at radius 3 is 2.47 bits per heavy atom. The molecule has 0 spiro atoms. The third-order valence-corrected chi connectivity index (χ3v) is 5.39. The highest BCUT2D eigenvalue weighted by Crippen LogP contribution is 2.38. The van der Waals surface area contributed by atoms with Gasteiger partial charge in [-0.2, -0.15) is 5.26 Å². The van der Waals surface area contributed by atoms with E-state index in [1.165, 1.54) is 12.1 Å². The number of carbonyl (C=O) groups is 1. The van der Waals surface area contributed by atoms with Crippen LogP contribution in [0.25, 0.3) is 0 Å². The number of Topliss-reactive ketones (excluding diaryl/α,β-unsaturated/α-hetero) is 1. The molecule has 1 fully saturated rings. The molecule has 0 saturated heterocycles. The fraction of sp³-hybridized carbons (Fsp3) is 0.429. The first-order valence-corrected chi connectivity index (χ1v) is 7.88. The third kappa shape index (κ3) is 2.69. The molecule has 0 N–H and O–H groups in total. The number of sulfone groups is 1. The van der Waals surface area contributed by atoms with E-state index in [-0.39, 0.29) is 22.9 Å². The minimum absolute atomic E-state index is 0.0968. The molecular formula is C14H15NO3S. The van der Waals surface area contributed by atoms with Gasteiger partial charge in [-0.25, -0.2) is 8.42 Å². The first kappa shape index (κ1) is 13.8. The van der Waals surface area contributed by atoms with E-state index in [1.54, 1.807) is 18.2 Å². The Morgan fingerprint density at radius 1 is 1.26 bits per heavy atom. The van der Waals surface area contributed by atoms with Crippen LogP contribution in [0.15, 0.2) is 35.2 Å². The number of nitrogens with zero attached hydrogens (tertiary/aromatic N) is 1. The molecule has 1 aliphatic carbocycles. The van der Waals surface area contributed by atoms with Crippen LogP contribution < -0.4 is 0 Å². The molecule has 1 aliphatic rings. The molecular weight excluding hydrogens is 262 g/mol. The van der Waals surface area contributed by atoms with E-state index in [4.69, 9.17) is 0 Å². The van der Waals surface area contributed by atoms with E-state index in [0.717, 1.165) is 0 Å². The average Bonchev–Trinajstić information content (AvgIpc) is 2.79. The van der Waals surface area contributed by atoms with Gasteiger partial charge in [0.05, 0.1) is 16.7 Å². The molecule has 0 amide bonds. The maximum atomic E-state index is 12.1. The third-order valence-electron chi connectivity index (χ3n) is 3.66. The molecule has 1 atom stereocenters. The normalized spacial score (nSPS) is 23.2. The van der Waals surface area contributed by atoms with Crippen molar-refractivity contribution in [3.8, 4) is 6.07 Å². The zero-order chi connectivity index (χ0) is 13.9. The summed E-state index contributed by atoms with van der Waals surface area (Å²) in [5.41, 5.74) is -1.08. The molecule has 100 valence electrons. The summed E-state index contributed by atoms with van der Waals surface area (Å²) in [6.45, 7) is 0. The van der Waals surface area contributed by atoms with Crippen molar-refractivity contribution in [2.75, 3.05) is 5.75 Å². The minimum atomic E-state index is -3.42. The maximum absolute atomic E-state index is 12.1. The van der Waals surface area contributed by atoms with Crippen LogP contribution in [-0.2, 0) is 14.6 Å². The summed E-state index contributed by atoms with van der Waals surface area (Å²) >= 11 is 0. The van der Waals surface area contributed by atoms with Crippen LogP contribution in [0.4, 0.5) is 0 Å². The average molecular weight is 277 g/mol. The summed E-state index contributed by atoms with van der Waals surface area (Å²) in [4.78, 5) is 12.0. The van der Waals surface area contributed by atoms with E-state index >= 15 is 0 Å². The lowest BCUT2D eigenvalue weighted by Crippen LogP contribution is -2.27. The van der Waals surface area contributed by atoms with Crippen LogP contribution in [0.2, 0.25) is 0 Å². The predicted molar refractivity (Wildman–Crippen MR) is 70.0 cm³/mol. The highest BCUT2D eigenvalue weighted by atomic mass is 32.2. The summed E-state index contributed by atoms with van der Waals surface area (Å²) in [6, 6.07) is 10.2. The van der Waals surface area contributed by atoms with Crippen LogP contribution in [0.1, 0.15) is 25.7 Å². The van der Waals surface area contributed by atoms with Crippen molar-refractivity contribution < 1.29 is 13.2 Å². The Bertz CT molecular complexity index is 616. The van der Waals surface area contributed by atoms with E-state index in [0.29, 0.717) is 19.3 Å². The second-order valence-corrected chi connectivity index (χ2v) is 6.96. The topological polar surface area (TPSA) is 75.0 Å². The molecule has 1 saturated carbocycles. The molecule has 1 aromatic rings. The van der Waals surface area contributed by atoms with Crippen LogP contribution in [0.5, 0.6) is 0 Å². The van der Waals surface area contributed by atoms with Crippen molar-refractivity contribution in [1.29, 1.82) is 5.26 Å². The Labute approximate surface area is 113 Å². The van der Waals surface area contributed by atoms with Gasteiger partial charge >= 0.3 is 0 Å². The lowest BCUT2D eigenvalue weighted by molar-refractivity contribution is -0.123. The SMILES string of the molecule is N#CC1(CCS(=O)(=O)c2ccccc2)CCCC1=O. The molecule has 0 bridgehead atoms. The van der Waals surface area contributed by atoms with Gasteiger partial charge in [0, 0.05) is 6.42 Å². The standard InChI is InChI=1S/C14H15NO3S/c15-11-14(8-4-7-13(14)16)9-10-19(17,18)12-5-2-1-3-6-12/h1-3,5-6H,4,7-10H2. The Morgan fingerprint density at radius 2 is 1.95 bits per heavy atom. The molecule has 5 heteroatoms. The zero-order valence-corrected chi connectivity index (χ0v) is 11.3. The molecule has 1 unspecified atom stereocenters. The van der Waals surface area contributed by atoms with Crippen molar-refractivity contribution in [3.63, 3.8) is 0 Å². The Kier molecular flexibility index (Phi) is 3.72. The quantitative estimate of drug-likeness (QED) is 0.844. The molecule has 4 nitrogen and oxygen atoms in total. The van der Waals surface area contributed by atoms with Crippen LogP contribution in [0, 0.1) is 16.7 Å². The smallest absolute Gasteiger partial charge is 0.178 e. The van der Waals surface area contributed by atoms with Crippen LogP contribution in [0.3, 0.4) is 0 Å².